The number of anilines is 1. The van der Waals surface area contributed by atoms with E-state index in [9.17, 15) is 24.6 Å². The van der Waals surface area contributed by atoms with Gasteiger partial charge in [-0.2, -0.15) is 0 Å². The number of aryl methyl sites for hydroxylation is 2. The van der Waals surface area contributed by atoms with Crippen molar-refractivity contribution in [1.29, 1.82) is 0 Å². The zero-order valence-electron chi connectivity index (χ0n) is 22.4. The third kappa shape index (κ3) is 5.15. The normalized spacial score (nSPS) is 16.2. The van der Waals surface area contributed by atoms with Crippen LogP contribution in [0.4, 0.5) is 5.13 Å². The molecule has 0 saturated carbocycles. The van der Waals surface area contributed by atoms with Crippen LogP contribution in [0.15, 0.2) is 54.6 Å². The highest BCUT2D eigenvalue weighted by Gasteiger charge is 2.49. The number of ether oxygens (including phenoxy) is 3. The molecule has 1 amide bonds. The van der Waals surface area contributed by atoms with Crippen LogP contribution >= 0.6 is 11.3 Å². The number of carbonyl (C=O) groups is 3. The van der Waals surface area contributed by atoms with E-state index in [-0.39, 0.29) is 40.3 Å². The maximum absolute atomic E-state index is 13.6. The van der Waals surface area contributed by atoms with Gasteiger partial charge < -0.3 is 24.4 Å². The molecule has 1 atom stereocenters. The van der Waals surface area contributed by atoms with Crippen molar-refractivity contribution in [3.05, 3.63) is 81.9 Å². The number of rotatable bonds is 9. The zero-order chi connectivity index (χ0) is 29.1. The number of benzene rings is 2. The number of Topliss-reactive ketones (excluding diaryl/α,β-unsaturated/α-hetero) is 1. The maximum Gasteiger partial charge on any atom is 0.350 e. The van der Waals surface area contributed by atoms with Crippen molar-refractivity contribution in [2.75, 3.05) is 25.2 Å². The summed E-state index contributed by atoms with van der Waals surface area (Å²) in [6.07, 6.45) is 1.43. The fraction of sp³-hybridized carbons (Fsp3) is 0.241. The van der Waals surface area contributed by atoms with Gasteiger partial charge in [0.25, 0.3) is 5.78 Å². The summed E-state index contributed by atoms with van der Waals surface area (Å²) < 4.78 is 16.1. The molecule has 208 valence electrons. The molecule has 40 heavy (non-hydrogen) atoms. The number of aromatic hydroxyl groups is 1. The third-order valence-electron chi connectivity index (χ3n) is 6.23. The van der Waals surface area contributed by atoms with Gasteiger partial charge in [-0.3, -0.25) is 14.5 Å². The average molecular weight is 565 g/mol. The molecule has 10 nitrogen and oxygen atoms in total. The number of methoxy groups -OCH3 is 1. The molecule has 11 heteroatoms. The number of esters is 1. The number of hydrogen-bond acceptors (Lipinski definition) is 10. The van der Waals surface area contributed by atoms with Gasteiger partial charge in [0.1, 0.15) is 40.5 Å². The molecule has 1 aliphatic heterocycles. The number of amides is 1. The van der Waals surface area contributed by atoms with Crippen molar-refractivity contribution < 1.29 is 38.8 Å². The van der Waals surface area contributed by atoms with Gasteiger partial charge in [-0.1, -0.05) is 24.0 Å². The first-order chi connectivity index (χ1) is 19.1. The largest absolute Gasteiger partial charge is 0.508 e. The molecule has 2 aromatic carbocycles. The van der Waals surface area contributed by atoms with Crippen LogP contribution in [0.25, 0.3) is 5.76 Å². The van der Waals surface area contributed by atoms with Gasteiger partial charge in [0.2, 0.25) is 0 Å². The van der Waals surface area contributed by atoms with Gasteiger partial charge in [-0.15, -0.1) is 0 Å². The highest BCUT2D eigenvalue weighted by atomic mass is 32.1. The molecule has 0 spiro atoms. The first kappa shape index (κ1) is 28.4. The SMILES string of the molecule is C=CCOC(=O)c1sc(N2C(=O)C(=O)C(=C(O)c3ccc(OC)cc3C)[C@@H]2c2ccc(O)cc2OCC)nc1C. The van der Waals surface area contributed by atoms with E-state index in [0.29, 0.717) is 28.1 Å². The van der Waals surface area contributed by atoms with Crippen molar-refractivity contribution in [3.63, 3.8) is 0 Å². The predicted octanol–water partition coefficient (Wildman–Crippen LogP) is 4.84. The monoisotopic (exact) mass is 564 g/mol. The van der Waals surface area contributed by atoms with Crippen LogP contribution in [0.2, 0.25) is 0 Å². The number of aromatic nitrogens is 1. The molecule has 2 heterocycles. The average Bonchev–Trinajstić information content (AvgIpc) is 3.43. The van der Waals surface area contributed by atoms with E-state index in [1.807, 2.05) is 0 Å². The molecule has 0 aliphatic carbocycles. The molecular formula is C29H28N2O8S. The number of thiazole rings is 1. The third-order valence-corrected chi connectivity index (χ3v) is 7.37. The number of phenols is 1. The summed E-state index contributed by atoms with van der Waals surface area (Å²) in [4.78, 5) is 45.4. The second kappa shape index (κ2) is 11.6. The first-order valence-corrected chi connectivity index (χ1v) is 13.1. The van der Waals surface area contributed by atoms with Crippen LogP contribution in [0, 0.1) is 13.8 Å². The molecule has 3 aromatic rings. The minimum Gasteiger partial charge on any atom is -0.508 e. The highest BCUT2D eigenvalue weighted by molar-refractivity contribution is 7.17. The summed E-state index contributed by atoms with van der Waals surface area (Å²) >= 11 is 0.881. The van der Waals surface area contributed by atoms with Gasteiger partial charge in [-0.05, 0) is 56.7 Å². The molecule has 2 N–H and O–H groups in total. The van der Waals surface area contributed by atoms with E-state index < -0.39 is 29.5 Å². The van der Waals surface area contributed by atoms with Crippen LogP contribution in [0.5, 0.6) is 17.2 Å². The Hall–Kier alpha value is -4.64. The van der Waals surface area contributed by atoms with Crippen molar-refractivity contribution in [2.45, 2.75) is 26.8 Å². The summed E-state index contributed by atoms with van der Waals surface area (Å²) in [5.41, 5.74) is 1.36. The Kier molecular flexibility index (Phi) is 8.24. The number of aliphatic hydroxyl groups is 1. The van der Waals surface area contributed by atoms with Gasteiger partial charge in [0.05, 0.1) is 25.0 Å². The summed E-state index contributed by atoms with van der Waals surface area (Å²) in [6.45, 7) is 8.81. The van der Waals surface area contributed by atoms with Crippen LogP contribution in [-0.2, 0) is 14.3 Å². The van der Waals surface area contributed by atoms with Crippen LogP contribution in [-0.4, -0.2) is 53.2 Å². The Morgan fingerprint density at radius 3 is 2.60 bits per heavy atom. The summed E-state index contributed by atoms with van der Waals surface area (Å²) in [5, 5.41) is 21.7. The Bertz CT molecular complexity index is 1540. The number of nitrogens with zero attached hydrogens (tertiary/aromatic N) is 2. The molecule has 1 saturated heterocycles. The fourth-order valence-electron chi connectivity index (χ4n) is 4.40. The standard InChI is InChI=1S/C29H28N2O8S/c1-6-12-39-28(36)26-16(4)30-29(40-26)31-23(20-10-8-17(32)14-21(20)38-7-2)22(25(34)27(31)35)24(33)19-11-9-18(37-5)13-15(19)3/h6,8-11,13-14,23,32-33H,1,7,12H2,2-5H3/t23-/m0/s1. The Labute approximate surface area is 234 Å². The van der Waals surface area contributed by atoms with E-state index in [0.717, 1.165) is 16.2 Å². The number of carbonyl (C=O) groups excluding carboxylic acids is 3. The van der Waals surface area contributed by atoms with Crippen molar-refractivity contribution >= 4 is 39.9 Å². The molecule has 0 unspecified atom stereocenters. The molecule has 4 rings (SSSR count). The van der Waals surface area contributed by atoms with E-state index in [2.05, 4.69) is 11.6 Å². The zero-order valence-corrected chi connectivity index (χ0v) is 23.2. The van der Waals surface area contributed by atoms with Gasteiger partial charge in [-0.25, -0.2) is 9.78 Å². The molecule has 1 fully saturated rings. The topological polar surface area (TPSA) is 135 Å². The Morgan fingerprint density at radius 2 is 1.95 bits per heavy atom. The lowest BCUT2D eigenvalue weighted by Crippen LogP contribution is -2.29. The number of hydrogen-bond donors (Lipinski definition) is 2. The Morgan fingerprint density at radius 1 is 1.20 bits per heavy atom. The van der Waals surface area contributed by atoms with E-state index >= 15 is 0 Å². The highest BCUT2D eigenvalue weighted by Crippen LogP contribution is 2.47. The smallest absolute Gasteiger partial charge is 0.350 e. The van der Waals surface area contributed by atoms with Gasteiger partial charge in [0.15, 0.2) is 5.13 Å². The molecule has 1 aliphatic rings. The van der Waals surface area contributed by atoms with Crippen LogP contribution in [0.1, 0.15) is 45.0 Å². The van der Waals surface area contributed by atoms with E-state index in [1.165, 1.54) is 31.4 Å². The number of ketones is 1. The first-order valence-electron chi connectivity index (χ1n) is 12.3. The maximum atomic E-state index is 13.6. The van der Waals surface area contributed by atoms with Crippen LogP contribution < -0.4 is 14.4 Å². The molecular weight excluding hydrogens is 536 g/mol. The number of aliphatic hydroxyl groups excluding tert-OH is 1. The quantitative estimate of drug-likeness (QED) is 0.123. The number of phenolic OH excluding ortho intramolecular Hbond substituents is 1. The van der Waals surface area contributed by atoms with E-state index in [1.54, 1.807) is 39.0 Å². The predicted molar refractivity (Wildman–Crippen MR) is 149 cm³/mol. The van der Waals surface area contributed by atoms with Crippen molar-refractivity contribution in [2.24, 2.45) is 0 Å². The minimum atomic E-state index is -1.19. The lowest BCUT2D eigenvalue weighted by Gasteiger charge is -2.25. The molecule has 0 bridgehead atoms. The molecule has 0 radical (unpaired) electrons. The lowest BCUT2D eigenvalue weighted by atomic mass is 9.93. The van der Waals surface area contributed by atoms with Crippen LogP contribution in [0.3, 0.4) is 0 Å². The summed E-state index contributed by atoms with van der Waals surface area (Å²) in [6, 6.07) is 7.99. The van der Waals surface area contributed by atoms with Gasteiger partial charge >= 0.3 is 11.9 Å². The second-order valence-corrected chi connectivity index (χ2v) is 9.78. The Balaban J connectivity index is 1.96. The second-order valence-electron chi connectivity index (χ2n) is 8.80. The minimum absolute atomic E-state index is 0.0115. The van der Waals surface area contributed by atoms with Crippen molar-refractivity contribution in [3.8, 4) is 17.2 Å². The summed E-state index contributed by atoms with van der Waals surface area (Å²) in [7, 11) is 1.51. The summed E-state index contributed by atoms with van der Waals surface area (Å²) in [5.74, 6) is -2.28. The lowest BCUT2D eigenvalue weighted by molar-refractivity contribution is -0.132. The fourth-order valence-corrected chi connectivity index (χ4v) is 5.39. The van der Waals surface area contributed by atoms with E-state index in [4.69, 9.17) is 14.2 Å². The van der Waals surface area contributed by atoms with Gasteiger partial charge in [0, 0.05) is 17.2 Å². The van der Waals surface area contributed by atoms with Crippen molar-refractivity contribution in [1.82, 2.24) is 4.98 Å². The molecule has 1 aromatic heterocycles.